The minimum Gasteiger partial charge on any atom is -0.480 e. The number of rotatable bonds is 3. The van der Waals surface area contributed by atoms with Crippen LogP contribution >= 0.6 is 0 Å². The molecule has 0 aromatic heterocycles. The van der Waals surface area contributed by atoms with Crippen molar-refractivity contribution in [2.45, 2.75) is 12.8 Å². The Morgan fingerprint density at radius 2 is 2.16 bits per heavy atom. The number of benzene rings is 1. The average molecular weight is 262 g/mol. The van der Waals surface area contributed by atoms with E-state index in [0.717, 1.165) is 30.6 Å². The van der Waals surface area contributed by atoms with Gasteiger partial charge in [-0.25, -0.2) is 0 Å². The minimum absolute atomic E-state index is 0.251. The molecule has 2 rings (SSSR count). The van der Waals surface area contributed by atoms with Crippen LogP contribution in [0.25, 0.3) is 0 Å². The molecule has 0 saturated heterocycles. The topological polar surface area (TPSA) is 60.9 Å². The van der Waals surface area contributed by atoms with Crippen LogP contribution in [0.3, 0.4) is 0 Å². The van der Waals surface area contributed by atoms with Crippen LogP contribution in [0, 0.1) is 0 Å². The highest BCUT2D eigenvalue weighted by Crippen LogP contribution is 2.27. The van der Waals surface area contributed by atoms with Crippen molar-refractivity contribution < 1.29 is 14.7 Å². The summed E-state index contributed by atoms with van der Waals surface area (Å²) < 4.78 is 0. The monoisotopic (exact) mass is 262 g/mol. The number of anilines is 1. The molecule has 0 fully saturated rings. The van der Waals surface area contributed by atoms with E-state index in [0.29, 0.717) is 5.56 Å². The molecule has 1 amide bonds. The molecule has 0 unspecified atom stereocenters. The highest BCUT2D eigenvalue weighted by atomic mass is 16.4. The van der Waals surface area contributed by atoms with Gasteiger partial charge in [-0.3, -0.25) is 9.59 Å². The molecule has 0 bridgehead atoms. The number of carbonyl (C=O) groups is 2. The van der Waals surface area contributed by atoms with Crippen LogP contribution in [-0.2, 0) is 11.2 Å². The van der Waals surface area contributed by atoms with Gasteiger partial charge >= 0.3 is 5.97 Å². The Hall–Kier alpha value is -2.04. The van der Waals surface area contributed by atoms with E-state index in [9.17, 15) is 9.59 Å². The Morgan fingerprint density at radius 1 is 1.42 bits per heavy atom. The van der Waals surface area contributed by atoms with Crippen LogP contribution in [0.4, 0.5) is 5.69 Å². The zero-order valence-corrected chi connectivity index (χ0v) is 11.2. The van der Waals surface area contributed by atoms with Gasteiger partial charge in [-0.1, -0.05) is 0 Å². The lowest BCUT2D eigenvalue weighted by Crippen LogP contribution is -2.32. The number of hydrogen-bond donors (Lipinski definition) is 1. The van der Waals surface area contributed by atoms with Gasteiger partial charge in [-0.05, 0) is 36.6 Å². The van der Waals surface area contributed by atoms with Crippen LogP contribution in [-0.4, -0.2) is 49.1 Å². The molecular weight excluding hydrogens is 244 g/mol. The van der Waals surface area contributed by atoms with Crippen LogP contribution in [0.15, 0.2) is 18.2 Å². The third kappa shape index (κ3) is 2.86. The summed E-state index contributed by atoms with van der Waals surface area (Å²) >= 11 is 0. The fraction of sp³-hybridized carbons (Fsp3) is 0.429. The molecule has 5 nitrogen and oxygen atoms in total. The number of aryl methyl sites for hydroxylation is 1. The van der Waals surface area contributed by atoms with E-state index >= 15 is 0 Å². The molecule has 1 aliphatic rings. The third-order valence-electron chi connectivity index (χ3n) is 3.40. The van der Waals surface area contributed by atoms with Gasteiger partial charge in [0.2, 0.25) is 0 Å². The van der Waals surface area contributed by atoms with E-state index in [1.165, 1.54) is 11.9 Å². The van der Waals surface area contributed by atoms with Gasteiger partial charge in [-0.15, -0.1) is 0 Å². The summed E-state index contributed by atoms with van der Waals surface area (Å²) in [6.07, 6.45) is 2.04. The van der Waals surface area contributed by atoms with Gasteiger partial charge in [0.25, 0.3) is 5.91 Å². The molecule has 1 N–H and O–H groups in total. The van der Waals surface area contributed by atoms with E-state index in [1.54, 1.807) is 6.07 Å². The zero-order valence-electron chi connectivity index (χ0n) is 11.2. The number of carbonyl (C=O) groups excluding carboxylic acids is 1. The lowest BCUT2D eigenvalue weighted by atomic mass is 9.99. The Balaban J connectivity index is 2.22. The number of nitrogens with zero attached hydrogens (tertiary/aromatic N) is 2. The van der Waals surface area contributed by atoms with Crippen molar-refractivity contribution in [3.63, 3.8) is 0 Å². The first-order chi connectivity index (χ1) is 8.99. The molecule has 1 heterocycles. The second kappa shape index (κ2) is 5.30. The zero-order chi connectivity index (χ0) is 14.0. The lowest BCUT2D eigenvalue weighted by Gasteiger charge is -2.28. The number of aliphatic carboxylic acids is 1. The smallest absolute Gasteiger partial charge is 0.323 e. The summed E-state index contributed by atoms with van der Waals surface area (Å²) in [5.41, 5.74) is 2.87. The van der Waals surface area contributed by atoms with E-state index in [1.807, 2.05) is 19.2 Å². The summed E-state index contributed by atoms with van der Waals surface area (Å²) in [6.45, 7) is 0.745. The lowest BCUT2D eigenvalue weighted by molar-refractivity contribution is -0.137. The number of hydrogen-bond acceptors (Lipinski definition) is 3. The molecule has 1 aromatic rings. The second-order valence-electron chi connectivity index (χ2n) is 4.92. The van der Waals surface area contributed by atoms with Gasteiger partial charge < -0.3 is 14.9 Å². The highest BCUT2D eigenvalue weighted by Gasteiger charge is 2.18. The Labute approximate surface area is 112 Å². The molecule has 5 heteroatoms. The molecule has 102 valence electrons. The standard InChI is InChI=1S/C14H18N2O3/c1-15-7-3-4-10-8-11(5-6-12(10)15)14(19)16(2)9-13(17)18/h5-6,8H,3-4,7,9H2,1-2H3,(H,17,18). The molecule has 1 aromatic carbocycles. The minimum atomic E-state index is -1.01. The molecule has 0 atom stereocenters. The number of likely N-dealkylation sites (N-methyl/N-ethyl adjacent to an activating group) is 1. The van der Waals surface area contributed by atoms with E-state index in [2.05, 4.69) is 4.90 Å². The first-order valence-electron chi connectivity index (χ1n) is 6.30. The van der Waals surface area contributed by atoms with Crippen molar-refractivity contribution in [1.82, 2.24) is 4.90 Å². The molecular formula is C14H18N2O3. The van der Waals surface area contributed by atoms with Gasteiger partial charge in [-0.2, -0.15) is 0 Å². The number of carboxylic acid groups (broad SMARTS) is 1. The third-order valence-corrected chi connectivity index (χ3v) is 3.40. The maximum absolute atomic E-state index is 12.1. The molecule has 19 heavy (non-hydrogen) atoms. The first-order valence-corrected chi connectivity index (χ1v) is 6.30. The first kappa shape index (κ1) is 13.4. The van der Waals surface area contributed by atoms with Crippen LogP contribution in [0.5, 0.6) is 0 Å². The number of carboxylic acids is 1. The Morgan fingerprint density at radius 3 is 2.84 bits per heavy atom. The number of fused-ring (bicyclic) bond motifs is 1. The van der Waals surface area contributed by atoms with Crippen molar-refractivity contribution in [2.75, 3.05) is 32.1 Å². The predicted octanol–water partition coefficient (Wildman–Crippen LogP) is 1.23. The van der Waals surface area contributed by atoms with Crippen molar-refractivity contribution in [1.29, 1.82) is 0 Å². The van der Waals surface area contributed by atoms with Gasteiger partial charge in [0.1, 0.15) is 6.54 Å². The number of amides is 1. The largest absolute Gasteiger partial charge is 0.480 e. The second-order valence-corrected chi connectivity index (χ2v) is 4.92. The molecule has 1 aliphatic heterocycles. The SMILES string of the molecule is CN(CC(=O)O)C(=O)c1ccc2c(c1)CCCN2C. The maximum atomic E-state index is 12.1. The van der Waals surface area contributed by atoms with E-state index in [4.69, 9.17) is 5.11 Å². The van der Waals surface area contributed by atoms with Gasteiger partial charge in [0.15, 0.2) is 0 Å². The summed E-state index contributed by atoms with van der Waals surface area (Å²) in [5.74, 6) is -1.26. The summed E-state index contributed by atoms with van der Waals surface area (Å²) in [6, 6.07) is 5.59. The summed E-state index contributed by atoms with van der Waals surface area (Å²) in [5, 5.41) is 8.71. The van der Waals surface area contributed by atoms with Crippen LogP contribution in [0.2, 0.25) is 0 Å². The van der Waals surface area contributed by atoms with Gasteiger partial charge in [0, 0.05) is 31.9 Å². The summed E-state index contributed by atoms with van der Waals surface area (Å²) in [4.78, 5) is 26.1. The van der Waals surface area contributed by atoms with Crippen molar-refractivity contribution in [3.05, 3.63) is 29.3 Å². The Bertz CT molecular complexity index is 513. The molecule has 0 aliphatic carbocycles. The average Bonchev–Trinajstić information content (AvgIpc) is 2.37. The van der Waals surface area contributed by atoms with Crippen LogP contribution < -0.4 is 4.90 Å². The van der Waals surface area contributed by atoms with E-state index < -0.39 is 5.97 Å². The summed E-state index contributed by atoms with van der Waals surface area (Å²) in [7, 11) is 3.54. The normalized spacial score (nSPS) is 13.9. The van der Waals surface area contributed by atoms with Crippen molar-refractivity contribution >= 4 is 17.6 Å². The molecule has 0 radical (unpaired) electrons. The fourth-order valence-electron chi connectivity index (χ4n) is 2.41. The van der Waals surface area contributed by atoms with Gasteiger partial charge in [0.05, 0.1) is 0 Å². The van der Waals surface area contributed by atoms with Crippen molar-refractivity contribution in [3.8, 4) is 0 Å². The maximum Gasteiger partial charge on any atom is 0.323 e. The highest BCUT2D eigenvalue weighted by molar-refractivity contribution is 5.96. The van der Waals surface area contributed by atoms with Crippen molar-refractivity contribution in [2.24, 2.45) is 0 Å². The Kier molecular flexibility index (Phi) is 3.74. The fourth-order valence-corrected chi connectivity index (χ4v) is 2.41. The quantitative estimate of drug-likeness (QED) is 0.890. The molecule has 0 spiro atoms. The predicted molar refractivity (Wildman–Crippen MR) is 72.6 cm³/mol. The van der Waals surface area contributed by atoms with Crippen LogP contribution in [0.1, 0.15) is 22.3 Å². The molecule has 0 saturated carbocycles. The van der Waals surface area contributed by atoms with E-state index in [-0.39, 0.29) is 12.5 Å².